The zero-order valence-corrected chi connectivity index (χ0v) is 15.5. The van der Waals surface area contributed by atoms with E-state index < -0.39 is 0 Å². The minimum absolute atomic E-state index is 0.0526. The Kier molecular flexibility index (Phi) is 5.09. The fourth-order valence-electron chi connectivity index (χ4n) is 3.85. The third-order valence-electron chi connectivity index (χ3n) is 5.53. The molecule has 6 nitrogen and oxygen atoms in total. The summed E-state index contributed by atoms with van der Waals surface area (Å²) in [6, 6.07) is 11.6. The van der Waals surface area contributed by atoms with Crippen molar-refractivity contribution in [3.05, 3.63) is 59.4 Å². The van der Waals surface area contributed by atoms with Crippen LogP contribution in [0.25, 0.3) is 0 Å². The van der Waals surface area contributed by atoms with Gasteiger partial charge in [0.2, 0.25) is 0 Å². The van der Waals surface area contributed by atoms with Crippen molar-refractivity contribution in [2.75, 3.05) is 19.7 Å². The first-order valence-corrected chi connectivity index (χ1v) is 9.49. The fourth-order valence-corrected chi connectivity index (χ4v) is 3.85. The number of rotatable bonds is 4. The summed E-state index contributed by atoms with van der Waals surface area (Å²) in [5, 5.41) is 10.9. The van der Waals surface area contributed by atoms with E-state index in [-0.39, 0.29) is 17.7 Å². The molecule has 142 valence electrons. The Morgan fingerprint density at radius 1 is 1.15 bits per heavy atom. The molecular formula is C21H25N3O3. The smallest absolute Gasteiger partial charge is 0.266 e. The second-order valence-electron chi connectivity index (χ2n) is 7.42. The molecule has 0 saturated carbocycles. The topological polar surface area (TPSA) is 65.9 Å². The Morgan fingerprint density at radius 2 is 1.89 bits per heavy atom. The van der Waals surface area contributed by atoms with Crippen LogP contribution in [-0.2, 0) is 16.2 Å². The molecule has 6 heteroatoms. The van der Waals surface area contributed by atoms with Crippen molar-refractivity contribution < 1.29 is 14.7 Å². The summed E-state index contributed by atoms with van der Waals surface area (Å²) in [6.07, 6.45) is 3.41. The number of aromatic hydroxyl groups is 1. The molecule has 1 unspecified atom stereocenters. The van der Waals surface area contributed by atoms with Crippen LogP contribution in [0.3, 0.4) is 0 Å². The van der Waals surface area contributed by atoms with Crippen LogP contribution in [0.15, 0.2) is 42.6 Å². The van der Waals surface area contributed by atoms with Crippen LogP contribution in [0, 0.1) is 6.92 Å². The van der Waals surface area contributed by atoms with Gasteiger partial charge >= 0.3 is 0 Å². The molecule has 1 amide bonds. The number of hydroxylamine groups is 2. The Hall–Kier alpha value is -2.44. The number of nitrogens with zero attached hydrogens (tertiary/aromatic N) is 3. The minimum atomic E-state index is -0.191. The number of carbonyl (C=O) groups is 1. The maximum Gasteiger partial charge on any atom is 0.266 e. The number of pyridine rings is 1. The first-order chi connectivity index (χ1) is 13.1. The van der Waals surface area contributed by atoms with E-state index in [9.17, 15) is 9.90 Å². The third-order valence-corrected chi connectivity index (χ3v) is 5.53. The molecule has 1 aromatic carbocycles. The molecule has 1 N–H and O–H groups in total. The molecule has 2 aromatic rings. The van der Waals surface area contributed by atoms with E-state index >= 15 is 0 Å². The lowest BCUT2D eigenvalue weighted by Gasteiger charge is -2.34. The zero-order valence-electron chi connectivity index (χ0n) is 15.5. The molecule has 0 radical (unpaired) electrons. The van der Waals surface area contributed by atoms with Crippen molar-refractivity contribution in [1.29, 1.82) is 0 Å². The average Bonchev–Trinajstić information content (AvgIpc) is 3.05. The van der Waals surface area contributed by atoms with Crippen molar-refractivity contribution in [2.24, 2.45) is 0 Å². The van der Waals surface area contributed by atoms with Gasteiger partial charge in [0.15, 0.2) is 0 Å². The van der Waals surface area contributed by atoms with Gasteiger partial charge in [0.05, 0.1) is 19.3 Å². The highest BCUT2D eigenvalue weighted by atomic mass is 16.7. The molecule has 2 saturated heterocycles. The Labute approximate surface area is 159 Å². The van der Waals surface area contributed by atoms with Gasteiger partial charge in [-0.25, -0.2) is 5.06 Å². The number of aryl methyl sites for hydroxylation is 1. The number of aromatic nitrogens is 1. The van der Waals surface area contributed by atoms with Crippen molar-refractivity contribution in [1.82, 2.24) is 14.9 Å². The molecule has 3 heterocycles. The summed E-state index contributed by atoms with van der Waals surface area (Å²) in [6.45, 7) is 4.67. The van der Waals surface area contributed by atoms with Crippen LogP contribution in [0.2, 0.25) is 0 Å². The van der Waals surface area contributed by atoms with E-state index in [0.717, 1.165) is 37.2 Å². The molecule has 4 rings (SSSR count). The molecule has 2 fully saturated rings. The number of amides is 1. The summed E-state index contributed by atoms with van der Waals surface area (Å²) in [5.41, 5.74) is 3.30. The monoisotopic (exact) mass is 367 g/mol. The number of carbonyl (C=O) groups excluding carboxylic acids is 1. The molecule has 2 aliphatic heterocycles. The summed E-state index contributed by atoms with van der Waals surface area (Å²) in [7, 11) is 0. The van der Waals surface area contributed by atoms with E-state index in [0.29, 0.717) is 19.1 Å². The highest BCUT2D eigenvalue weighted by Gasteiger charge is 2.39. The molecule has 1 aromatic heterocycles. The standard InChI is InChI=1S/C21H25N3O3/c1-15-2-4-16(5-3-15)13-24-21(26)20(14-27-24)23-10-8-17(9-11-23)19-7-6-18(25)12-22-19/h2-7,12,17,20,25H,8-11,13-14H2,1H3. The maximum absolute atomic E-state index is 12.8. The largest absolute Gasteiger partial charge is 0.506 e. The van der Waals surface area contributed by atoms with Gasteiger partial charge in [-0.1, -0.05) is 29.8 Å². The van der Waals surface area contributed by atoms with E-state index in [1.54, 1.807) is 6.07 Å². The number of hydrogen-bond acceptors (Lipinski definition) is 5. The van der Waals surface area contributed by atoms with Crippen LogP contribution in [0.4, 0.5) is 0 Å². The maximum atomic E-state index is 12.8. The van der Waals surface area contributed by atoms with Gasteiger partial charge in [-0.2, -0.15) is 0 Å². The Morgan fingerprint density at radius 3 is 2.56 bits per heavy atom. The van der Waals surface area contributed by atoms with Crippen LogP contribution in [-0.4, -0.2) is 51.7 Å². The first-order valence-electron chi connectivity index (χ1n) is 9.49. The lowest BCUT2D eigenvalue weighted by atomic mass is 9.92. The minimum Gasteiger partial charge on any atom is -0.506 e. The summed E-state index contributed by atoms with van der Waals surface area (Å²) in [5.74, 6) is 0.623. The highest BCUT2D eigenvalue weighted by Crippen LogP contribution is 2.29. The lowest BCUT2D eigenvalue weighted by molar-refractivity contribution is -0.164. The van der Waals surface area contributed by atoms with Gasteiger partial charge in [0.25, 0.3) is 5.91 Å². The molecule has 0 spiro atoms. The molecular weight excluding hydrogens is 342 g/mol. The first kappa shape index (κ1) is 17.9. The number of benzene rings is 1. The average molecular weight is 367 g/mol. The van der Waals surface area contributed by atoms with Gasteiger partial charge in [0, 0.05) is 11.6 Å². The van der Waals surface area contributed by atoms with Crippen molar-refractivity contribution in [3.8, 4) is 5.75 Å². The van der Waals surface area contributed by atoms with E-state index in [4.69, 9.17) is 4.84 Å². The molecule has 2 aliphatic rings. The molecule has 1 atom stereocenters. The lowest BCUT2D eigenvalue weighted by Crippen LogP contribution is -2.46. The van der Waals surface area contributed by atoms with Gasteiger partial charge in [-0.05, 0) is 50.6 Å². The fraction of sp³-hybridized carbons (Fsp3) is 0.429. The van der Waals surface area contributed by atoms with Crippen molar-refractivity contribution in [3.63, 3.8) is 0 Å². The zero-order chi connectivity index (χ0) is 18.8. The van der Waals surface area contributed by atoms with Gasteiger partial charge in [-0.15, -0.1) is 0 Å². The van der Waals surface area contributed by atoms with Gasteiger partial charge < -0.3 is 5.11 Å². The predicted octanol–water partition coefficient (Wildman–Crippen LogP) is 2.62. The Bertz CT molecular complexity index is 783. The van der Waals surface area contributed by atoms with Crippen molar-refractivity contribution >= 4 is 5.91 Å². The molecule has 0 aliphatic carbocycles. The third kappa shape index (κ3) is 3.96. The van der Waals surface area contributed by atoms with Crippen LogP contribution in [0.5, 0.6) is 5.75 Å². The quantitative estimate of drug-likeness (QED) is 0.900. The normalized spacial score (nSPS) is 21.7. The van der Waals surface area contributed by atoms with E-state index in [1.165, 1.54) is 16.8 Å². The number of hydrogen-bond donors (Lipinski definition) is 1. The summed E-state index contributed by atoms with van der Waals surface area (Å²) >= 11 is 0. The SMILES string of the molecule is Cc1ccc(CN2OCC(N3CCC(c4ccc(O)cn4)CC3)C2=O)cc1. The number of piperidine rings is 1. The van der Waals surface area contributed by atoms with Gasteiger partial charge in [-0.3, -0.25) is 19.5 Å². The highest BCUT2D eigenvalue weighted by molar-refractivity contribution is 5.82. The van der Waals surface area contributed by atoms with E-state index in [2.05, 4.69) is 28.9 Å². The van der Waals surface area contributed by atoms with E-state index in [1.807, 2.05) is 18.2 Å². The van der Waals surface area contributed by atoms with Crippen LogP contribution in [0.1, 0.15) is 35.6 Å². The summed E-state index contributed by atoms with van der Waals surface area (Å²) < 4.78 is 0. The van der Waals surface area contributed by atoms with Crippen LogP contribution >= 0.6 is 0 Å². The molecule has 0 bridgehead atoms. The van der Waals surface area contributed by atoms with Crippen molar-refractivity contribution in [2.45, 2.75) is 38.3 Å². The summed E-state index contributed by atoms with van der Waals surface area (Å²) in [4.78, 5) is 25.0. The molecule has 27 heavy (non-hydrogen) atoms. The second kappa shape index (κ2) is 7.66. The second-order valence-corrected chi connectivity index (χ2v) is 7.42. The van der Waals surface area contributed by atoms with Crippen LogP contribution < -0.4 is 0 Å². The Balaban J connectivity index is 1.33. The predicted molar refractivity (Wildman–Crippen MR) is 101 cm³/mol. The number of likely N-dealkylation sites (tertiary alicyclic amines) is 1. The van der Waals surface area contributed by atoms with Gasteiger partial charge in [0.1, 0.15) is 11.8 Å².